The fourth-order valence-electron chi connectivity index (χ4n) is 1.15. The van der Waals surface area contributed by atoms with Gasteiger partial charge in [-0.3, -0.25) is 4.79 Å². The van der Waals surface area contributed by atoms with E-state index in [0.717, 1.165) is 12.7 Å². The molecular formula is C12H16O3. The molecule has 0 heterocycles. The standard InChI is InChI=1S/C12H16O3/c1-4-9(2)15-11-6-5-10(8-13)7-12(11)14-3/h5-9H,4H2,1-3H3/t9-/m1/s1. The number of benzene rings is 1. The molecule has 0 aromatic heterocycles. The van der Waals surface area contributed by atoms with Crippen molar-refractivity contribution < 1.29 is 14.3 Å². The first-order valence-electron chi connectivity index (χ1n) is 5.01. The van der Waals surface area contributed by atoms with Crippen molar-refractivity contribution in [2.45, 2.75) is 26.4 Å². The molecule has 1 rings (SSSR count). The van der Waals surface area contributed by atoms with Crippen molar-refractivity contribution in [3.05, 3.63) is 23.8 Å². The summed E-state index contributed by atoms with van der Waals surface area (Å²) >= 11 is 0. The molecular weight excluding hydrogens is 192 g/mol. The molecule has 0 aliphatic carbocycles. The van der Waals surface area contributed by atoms with Crippen molar-refractivity contribution in [3.8, 4) is 11.5 Å². The van der Waals surface area contributed by atoms with Crippen LogP contribution in [-0.2, 0) is 0 Å². The number of aldehydes is 1. The van der Waals surface area contributed by atoms with Gasteiger partial charge in [0.25, 0.3) is 0 Å². The van der Waals surface area contributed by atoms with Crippen molar-refractivity contribution in [1.29, 1.82) is 0 Å². The van der Waals surface area contributed by atoms with E-state index >= 15 is 0 Å². The summed E-state index contributed by atoms with van der Waals surface area (Å²) in [6.45, 7) is 4.05. The third-order valence-corrected chi connectivity index (χ3v) is 2.23. The van der Waals surface area contributed by atoms with E-state index in [9.17, 15) is 4.79 Å². The molecule has 0 saturated heterocycles. The van der Waals surface area contributed by atoms with Crippen LogP contribution in [0.3, 0.4) is 0 Å². The second-order valence-electron chi connectivity index (χ2n) is 3.36. The average Bonchev–Trinajstić information content (AvgIpc) is 2.29. The Morgan fingerprint density at radius 1 is 1.40 bits per heavy atom. The van der Waals surface area contributed by atoms with E-state index in [4.69, 9.17) is 9.47 Å². The van der Waals surface area contributed by atoms with Crippen LogP contribution in [-0.4, -0.2) is 19.5 Å². The van der Waals surface area contributed by atoms with E-state index in [0.29, 0.717) is 17.1 Å². The van der Waals surface area contributed by atoms with E-state index in [2.05, 4.69) is 6.92 Å². The summed E-state index contributed by atoms with van der Waals surface area (Å²) in [6.07, 6.45) is 1.86. The highest BCUT2D eigenvalue weighted by Gasteiger charge is 2.08. The Morgan fingerprint density at radius 2 is 2.13 bits per heavy atom. The lowest BCUT2D eigenvalue weighted by atomic mass is 10.2. The van der Waals surface area contributed by atoms with E-state index in [1.807, 2.05) is 6.92 Å². The van der Waals surface area contributed by atoms with Crippen LogP contribution >= 0.6 is 0 Å². The normalized spacial score (nSPS) is 11.9. The van der Waals surface area contributed by atoms with Gasteiger partial charge in [0.2, 0.25) is 0 Å². The highest BCUT2D eigenvalue weighted by molar-refractivity contribution is 5.76. The van der Waals surface area contributed by atoms with Gasteiger partial charge in [0.15, 0.2) is 11.5 Å². The summed E-state index contributed by atoms with van der Waals surface area (Å²) in [4.78, 5) is 10.6. The summed E-state index contributed by atoms with van der Waals surface area (Å²) in [5.74, 6) is 1.28. The molecule has 0 radical (unpaired) electrons. The first-order chi connectivity index (χ1) is 7.21. The predicted octanol–water partition coefficient (Wildman–Crippen LogP) is 2.69. The molecule has 15 heavy (non-hydrogen) atoms. The summed E-state index contributed by atoms with van der Waals surface area (Å²) in [5, 5.41) is 0. The fraction of sp³-hybridized carbons (Fsp3) is 0.417. The minimum absolute atomic E-state index is 0.140. The van der Waals surface area contributed by atoms with Crippen molar-refractivity contribution in [2.24, 2.45) is 0 Å². The Balaban J connectivity index is 2.92. The van der Waals surface area contributed by atoms with Crippen LogP contribution in [0.15, 0.2) is 18.2 Å². The lowest BCUT2D eigenvalue weighted by Crippen LogP contribution is -2.10. The molecule has 0 aliphatic rings. The zero-order valence-corrected chi connectivity index (χ0v) is 9.32. The molecule has 0 unspecified atom stereocenters. The van der Waals surface area contributed by atoms with E-state index < -0.39 is 0 Å². The molecule has 3 nitrogen and oxygen atoms in total. The van der Waals surface area contributed by atoms with Gasteiger partial charge in [-0.2, -0.15) is 0 Å². The molecule has 1 aromatic rings. The van der Waals surface area contributed by atoms with Gasteiger partial charge < -0.3 is 9.47 Å². The third kappa shape index (κ3) is 2.98. The number of methoxy groups -OCH3 is 1. The Morgan fingerprint density at radius 3 is 2.67 bits per heavy atom. The summed E-state index contributed by atoms with van der Waals surface area (Å²) in [5.41, 5.74) is 0.586. The van der Waals surface area contributed by atoms with Gasteiger partial charge in [-0.25, -0.2) is 0 Å². The van der Waals surface area contributed by atoms with Crippen LogP contribution in [0.2, 0.25) is 0 Å². The topological polar surface area (TPSA) is 35.5 Å². The monoisotopic (exact) mass is 208 g/mol. The van der Waals surface area contributed by atoms with Crippen LogP contribution in [0.5, 0.6) is 11.5 Å². The van der Waals surface area contributed by atoms with E-state index in [1.54, 1.807) is 25.3 Å². The van der Waals surface area contributed by atoms with Gasteiger partial charge in [0.1, 0.15) is 6.29 Å². The second kappa shape index (κ2) is 5.39. The zero-order valence-electron chi connectivity index (χ0n) is 9.32. The highest BCUT2D eigenvalue weighted by Crippen LogP contribution is 2.28. The van der Waals surface area contributed by atoms with Crippen LogP contribution in [0.1, 0.15) is 30.6 Å². The molecule has 0 amide bonds. The summed E-state index contributed by atoms with van der Waals surface area (Å²) < 4.78 is 10.8. The molecule has 0 N–H and O–H groups in total. The van der Waals surface area contributed by atoms with Crippen LogP contribution in [0, 0.1) is 0 Å². The van der Waals surface area contributed by atoms with Gasteiger partial charge in [0.05, 0.1) is 13.2 Å². The largest absolute Gasteiger partial charge is 0.493 e. The molecule has 1 aromatic carbocycles. The molecule has 1 atom stereocenters. The Kier molecular flexibility index (Phi) is 4.16. The number of rotatable bonds is 5. The smallest absolute Gasteiger partial charge is 0.161 e. The number of carbonyl (C=O) groups excluding carboxylic acids is 1. The number of ether oxygens (including phenoxy) is 2. The Hall–Kier alpha value is -1.51. The first-order valence-corrected chi connectivity index (χ1v) is 5.01. The van der Waals surface area contributed by atoms with Crippen molar-refractivity contribution in [1.82, 2.24) is 0 Å². The van der Waals surface area contributed by atoms with Gasteiger partial charge >= 0.3 is 0 Å². The molecule has 3 heteroatoms. The van der Waals surface area contributed by atoms with Crippen molar-refractivity contribution in [2.75, 3.05) is 7.11 Å². The fourth-order valence-corrected chi connectivity index (χ4v) is 1.15. The summed E-state index contributed by atoms with van der Waals surface area (Å²) in [6, 6.07) is 5.15. The Labute approximate surface area is 90.0 Å². The molecule has 0 spiro atoms. The van der Waals surface area contributed by atoms with Gasteiger partial charge in [0, 0.05) is 5.56 Å². The quantitative estimate of drug-likeness (QED) is 0.698. The average molecular weight is 208 g/mol. The van der Waals surface area contributed by atoms with E-state index in [-0.39, 0.29) is 6.10 Å². The highest BCUT2D eigenvalue weighted by atomic mass is 16.5. The zero-order chi connectivity index (χ0) is 11.3. The van der Waals surface area contributed by atoms with Crippen LogP contribution < -0.4 is 9.47 Å². The van der Waals surface area contributed by atoms with Gasteiger partial charge in [-0.1, -0.05) is 6.92 Å². The molecule has 0 aliphatic heterocycles. The predicted molar refractivity (Wildman–Crippen MR) is 58.8 cm³/mol. The van der Waals surface area contributed by atoms with Crippen LogP contribution in [0.4, 0.5) is 0 Å². The second-order valence-corrected chi connectivity index (χ2v) is 3.36. The van der Waals surface area contributed by atoms with Crippen molar-refractivity contribution in [3.63, 3.8) is 0 Å². The molecule has 0 bridgehead atoms. The number of carbonyl (C=O) groups is 1. The van der Waals surface area contributed by atoms with Gasteiger partial charge in [-0.15, -0.1) is 0 Å². The minimum atomic E-state index is 0.140. The summed E-state index contributed by atoms with van der Waals surface area (Å²) in [7, 11) is 1.56. The van der Waals surface area contributed by atoms with Gasteiger partial charge in [-0.05, 0) is 31.5 Å². The maximum Gasteiger partial charge on any atom is 0.161 e. The lowest BCUT2D eigenvalue weighted by molar-refractivity contribution is 0.112. The number of hydrogen-bond donors (Lipinski definition) is 0. The lowest BCUT2D eigenvalue weighted by Gasteiger charge is -2.15. The first kappa shape index (κ1) is 11.6. The molecule has 82 valence electrons. The minimum Gasteiger partial charge on any atom is -0.493 e. The maximum absolute atomic E-state index is 10.6. The Bertz CT molecular complexity index is 334. The molecule has 0 fully saturated rings. The SMILES string of the molecule is CC[C@@H](C)Oc1ccc(C=O)cc1OC. The molecule has 0 saturated carbocycles. The van der Waals surface area contributed by atoms with Crippen molar-refractivity contribution >= 4 is 6.29 Å². The van der Waals surface area contributed by atoms with E-state index in [1.165, 1.54) is 0 Å². The maximum atomic E-state index is 10.6. The van der Waals surface area contributed by atoms with Crippen LogP contribution in [0.25, 0.3) is 0 Å². The third-order valence-electron chi connectivity index (χ3n) is 2.23. The number of hydrogen-bond acceptors (Lipinski definition) is 3.